The number of nitrogens with zero attached hydrogens (tertiary/aromatic N) is 5. The highest BCUT2D eigenvalue weighted by Gasteiger charge is 2.24. The van der Waals surface area contributed by atoms with E-state index < -0.39 is 5.97 Å². The number of hydrogen-bond acceptors (Lipinski definition) is 9. The van der Waals surface area contributed by atoms with Crippen LogP contribution in [0.25, 0.3) is 11.1 Å². The van der Waals surface area contributed by atoms with Crippen LogP contribution in [-0.4, -0.2) is 60.7 Å². The van der Waals surface area contributed by atoms with E-state index in [4.69, 9.17) is 24.5 Å². The molecule has 220 valence electrons. The van der Waals surface area contributed by atoms with Crippen molar-refractivity contribution in [3.05, 3.63) is 94.7 Å². The lowest BCUT2D eigenvalue weighted by Crippen LogP contribution is -2.46. The van der Waals surface area contributed by atoms with Crippen molar-refractivity contribution in [2.24, 2.45) is 0 Å². The van der Waals surface area contributed by atoms with Gasteiger partial charge in [-0.1, -0.05) is 24.3 Å². The van der Waals surface area contributed by atoms with Crippen molar-refractivity contribution < 1.29 is 19.0 Å². The summed E-state index contributed by atoms with van der Waals surface area (Å²) in [7, 11) is 1.68. The van der Waals surface area contributed by atoms with Gasteiger partial charge in [0.25, 0.3) is 0 Å². The molecule has 43 heavy (non-hydrogen) atoms. The Hall–Kier alpha value is -4.94. The monoisotopic (exact) mass is 577 g/mol. The van der Waals surface area contributed by atoms with E-state index in [2.05, 4.69) is 33.0 Å². The number of nitriles is 1. The van der Waals surface area contributed by atoms with E-state index in [1.54, 1.807) is 26.2 Å². The van der Waals surface area contributed by atoms with Gasteiger partial charge in [0.2, 0.25) is 11.8 Å². The number of rotatable bonds is 9. The van der Waals surface area contributed by atoms with Gasteiger partial charge in [0.05, 0.1) is 31.5 Å². The number of carbonyl (C=O) groups excluding carboxylic acids is 1. The molecule has 0 saturated carbocycles. The van der Waals surface area contributed by atoms with E-state index in [0.717, 1.165) is 60.7 Å². The molecule has 0 bridgehead atoms. The van der Waals surface area contributed by atoms with Gasteiger partial charge in [-0.2, -0.15) is 10.2 Å². The lowest BCUT2D eigenvalue weighted by molar-refractivity contribution is 0.0522. The molecule has 5 rings (SSSR count). The van der Waals surface area contributed by atoms with Gasteiger partial charge in [0.15, 0.2) is 0 Å². The minimum Gasteiger partial charge on any atom is -0.497 e. The summed E-state index contributed by atoms with van der Waals surface area (Å²) < 4.78 is 17.0. The van der Waals surface area contributed by atoms with E-state index in [1.165, 1.54) is 11.8 Å². The lowest BCUT2D eigenvalue weighted by Gasteiger charge is -2.34. The molecule has 0 radical (unpaired) electrons. The van der Waals surface area contributed by atoms with E-state index in [9.17, 15) is 4.79 Å². The van der Waals surface area contributed by atoms with Gasteiger partial charge in [-0.15, -0.1) is 0 Å². The third kappa shape index (κ3) is 6.93. The van der Waals surface area contributed by atoms with Crippen molar-refractivity contribution >= 4 is 11.9 Å². The number of aryl methyl sites for hydroxylation is 2. The molecule has 3 aromatic carbocycles. The zero-order valence-electron chi connectivity index (χ0n) is 25.0. The molecule has 1 fully saturated rings. The topological polar surface area (TPSA) is 101 Å². The molecule has 1 aliphatic heterocycles. The summed E-state index contributed by atoms with van der Waals surface area (Å²) in [4.78, 5) is 26.6. The summed E-state index contributed by atoms with van der Waals surface area (Å²) in [5, 5.41) is 9.13. The van der Waals surface area contributed by atoms with Gasteiger partial charge in [-0.05, 0) is 85.0 Å². The fourth-order valence-electron chi connectivity index (χ4n) is 5.18. The van der Waals surface area contributed by atoms with E-state index >= 15 is 0 Å². The Morgan fingerprint density at radius 2 is 1.70 bits per heavy atom. The second-order valence-electron chi connectivity index (χ2n) is 10.5. The number of aromatic nitrogens is 2. The molecule has 0 unspecified atom stereocenters. The minimum atomic E-state index is -0.531. The summed E-state index contributed by atoms with van der Waals surface area (Å²) in [6.07, 6.45) is 1.49. The molecular formula is C34H35N5O4. The Labute approximate surface area is 252 Å². The number of methoxy groups -OCH3 is 1. The number of anilines is 1. The maximum Gasteiger partial charge on any atom is 0.345 e. The number of carbonyl (C=O) groups is 1. The number of ether oxygens (including phenoxy) is 3. The molecule has 0 N–H and O–H groups in total. The largest absolute Gasteiger partial charge is 0.497 e. The smallest absolute Gasteiger partial charge is 0.345 e. The van der Waals surface area contributed by atoms with Crippen molar-refractivity contribution in [3.63, 3.8) is 0 Å². The fraction of sp³-hybridized carbons (Fsp3) is 0.294. The van der Waals surface area contributed by atoms with Crippen LogP contribution in [-0.2, 0) is 11.3 Å². The standard InChI is InChI=1S/C34H35N5O4/c1-5-42-33(40)30-21-36-34(39-15-13-38(14-16-39)22-26-7-6-8-29(19-26)41-4)37-32(30)43-31-23(2)17-28(18-24(31)3)27-11-9-25(20-35)10-12-27/h6-12,17-19,21H,5,13-16,22H2,1-4H3. The highest BCUT2D eigenvalue weighted by molar-refractivity contribution is 5.91. The number of benzene rings is 3. The van der Waals surface area contributed by atoms with Crippen molar-refractivity contribution in [1.29, 1.82) is 5.26 Å². The van der Waals surface area contributed by atoms with Crippen molar-refractivity contribution in [3.8, 4) is 34.6 Å². The molecule has 2 heterocycles. The Morgan fingerprint density at radius 1 is 0.977 bits per heavy atom. The number of hydrogen-bond donors (Lipinski definition) is 0. The molecule has 1 aliphatic rings. The minimum absolute atomic E-state index is 0.166. The van der Waals surface area contributed by atoms with Gasteiger partial charge >= 0.3 is 5.97 Å². The average Bonchev–Trinajstić information content (AvgIpc) is 3.03. The first-order valence-electron chi connectivity index (χ1n) is 14.3. The number of esters is 1. The zero-order valence-corrected chi connectivity index (χ0v) is 25.0. The van der Waals surface area contributed by atoms with Crippen LogP contribution < -0.4 is 14.4 Å². The first kappa shape index (κ1) is 29.5. The van der Waals surface area contributed by atoms with Crippen LogP contribution in [0.4, 0.5) is 5.95 Å². The molecular weight excluding hydrogens is 542 g/mol. The third-order valence-corrected chi connectivity index (χ3v) is 7.44. The zero-order chi connectivity index (χ0) is 30.3. The molecule has 1 saturated heterocycles. The van der Waals surface area contributed by atoms with Gasteiger partial charge in [-0.3, -0.25) is 4.90 Å². The molecule has 0 amide bonds. The summed E-state index contributed by atoms with van der Waals surface area (Å²) in [5.74, 6) is 1.62. The second-order valence-corrected chi connectivity index (χ2v) is 10.5. The third-order valence-electron chi connectivity index (χ3n) is 7.44. The Balaban J connectivity index is 1.36. The SMILES string of the molecule is CCOC(=O)c1cnc(N2CCN(Cc3cccc(OC)c3)CC2)nc1Oc1c(C)cc(-c2ccc(C#N)cc2)cc1C. The van der Waals surface area contributed by atoms with Gasteiger partial charge < -0.3 is 19.1 Å². The summed E-state index contributed by atoms with van der Waals surface area (Å²) >= 11 is 0. The molecule has 0 aliphatic carbocycles. The second kappa shape index (κ2) is 13.4. The van der Waals surface area contributed by atoms with E-state index in [1.807, 2.05) is 50.2 Å². The van der Waals surface area contributed by atoms with Gasteiger partial charge in [-0.25, -0.2) is 9.78 Å². The average molecular weight is 578 g/mol. The Kier molecular flexibility index (Phi) is 9.18. The van der Waals surface area contributed by atoms with Crippen molar-refractivity contribution in [2.75, 3.05) is 44.8 Å². The predicted octanol–water partition coefficient (Wildman–Crippen LogP) is 5.93. The van der Waals surface area contributed by atoms with E-state index in [0.29, 0.717) is 17.3 Å². The van der Waals surface area contributed by atoms with Crippen LogP contribution in [0.3, 0.4) is 0 Å². The summed E-state index contributed by atoms with van der Waals surface area (Å²) in [6.45, 7) is 9.89. The summed E-state index contributed by atoms with van der Waals surface area (Å²) in [5.41, 5.74) is 5.78. The van der Waals surface area contributed by atoms with Crippen molar-refractivity contribution in [1.82, 2.24) is 14.9 Å². The summed E-state index contributed by atoms with van der Waals surface area (Å²) in [6, 6.07) is 21.8. The first-order valence-corrected chi connectivity index (χ1v) is 14.3. The van der Waals surface area contributed by atoms with Gasteiger partial charge in [0.1, 0.15) is 17.1 Å². The van der Waals surface area contributed by atoms with Gasteiger partial charge in [0, 0.05) is 32.7 Å². The lowest BCUT2D eigenvalue weighted by atomic mass is 9.99. The van der Waals surface area contributed by atoms with Crippen LogP contribution in [0, 0.1) is 25.2 Å². The molecule has 4 aromatic rings. The molecule has 1 aromatic heterocycles. The highest BCUT2D eigenvalue weighted by atomic mass is 16.5. The van der Waals surface area contributed by atoms with Crippen LogP contribution >= 0.6 is 0 Å². The van der Waals surface area contributed by atoms with Crippen molar-refractivity contribution in [2.45, 2.75) is 27.3 Å². The van der Waals surface area contributed by atoms with Crippen LogP contribution in [0.5, 0.6) is 17.4 Å². The van der Waals surface area contributed by atoms with E-state index in [-0.39, 0.29) is 18.1 Å². The Bertz CT molecular complexity index is 1620. The molecule has 0 spiro atoms. The predicted molar refractivity (Wildman–Crippen MR) is 165 cm³/mol. The maximum atomic E-state index is 12.8. The van der Waals surface area contributed by atoms with Crippen LogP contribution in [0.2, 0.25) is 0 Å². The molecule has 9 nitrogen and oxygen atoms in total. The Morgan fingerprint density at radius 3 is 2.35 bits per heavy atom. The van der Waals surface area contributed by atoms with Crippen LogP contribution in [0.15, 0.2) is 66.9 Å². The quantitative estimate of drug-likeness (QED) is 0.224. The number of piperazine rings is 1. The fourth-order valence-corrected chi connectivity index (χ4v) is 5.18. The highest BCUT2D eigenvalue weighted by Crippen LogP contribution is 2.35. The molecule has 9 heteroatoms. The van der Waals surface area contributed by atoms with Crippen LogP contribution in [0.1, 0.15) is 39.5 Å². The maximum absolute atomic E-state index is 12.8. The first-order chi connectivity index (χ1) is 20.9. The molecule has 0 atom stereocenters. The normalized spacial score (nSPS) is 13.3.